The molecule has 2 aromatic heterocycles. The van der Waals surface area contributed by atoms with Crippen LogP contribution in [0, 0.1) is 12.8 Å². The summed E-state index contributed by atoms with van der Waals surface area (Å²) in [5.41, 5.74) is 0.371. The molecule has 0 spiro atoms. The van der Waals surface area contributed by atoms with Crippen LogP contribution in [0.3, 0.4) is 0 Å². The van der Waals surface area contributed by atoms with Crippen LogP contribution >= 0.6 is 0 Å². The van der Waals surface area contributed by atoms with Crippen molar-refractivity contribution >= 4 is 6.09 Å². The Balaban J connectivity index is 1.52. The van der Waals surface area contributed by atoms with Gasteiger partial charge in [-0.2, -0.15) is 4.98 Å². The summed E-state index contributed by atoms with van der Waals surface area (Å²) in [7, 11) is 0. The van der Waals surface area contributed by atoms with Gasteiger partial charge in [0, 0.05) is 25.4 Å². The fourth-order valence-corrected chi connectivity index (χ4v) is 2.49. The molecular formula is C16H21N3O4. The number of rotatable bonds is 3. The Bertz CT molecular complexity index is 692. The van der Waals surface area contributed by atoms with E-state index in [1.54, 1.807) is 11.2 Å². The largest absolute Gasteiger partial charge is 0.469 e. The van der Waals surface area contributed by atoms with E-state index in [4.69, 9.17) is 13.7 Å². The highest BCUT2D eigenvalue weighted by molar-refractivity contribution is 5.69. The highest BCUT2D eigenvalue weighted by Crippen LogP contribution is 2.25. The lowest BCUT2D eigenvalue weighted by Gasteiger charge is -2.39. The number of likely N-dealkylation sites (tertiary alicyclic amines) is 1. The van der Waals surface area contributed by atoms with Crippen LogP contribution in [0.25, 0.3) is 11.4 Å². The third-order valence-corrected chi connectivity index (χ3v) is 3.64. The number of nitrogens with zero attached hydrogens (tertiary/aromatic N) is 3. The first kappa shape index (κ1) is 15.6. The second kappa shape index (κ2) is 5.72. The van der Waals surface area contributed by atoms with E-state index < -0.39 is 5.60 Å². The summed E-state index contributed by atoms with van der Waals surface area (Å²) in [5, 5.41) is 3.98. The van der Waals surface area contributed by atoms with Crippen LogP contribution in [0.4, 0.5) is 4.79 Å². The average Bonchev–Trinajstić information content (AvgIpc) is 2.99. The van der Waals surface area contributed by atoms with Gasteiger partial charge in [-0.3, -0.25) is 0 Å². The SMILES string of the molecule is Cc1occc1-c1noc(CC2CN(C(=O)OC(C)(C)C)C2)n1. The molecule has 1 aliphatic rings. The summed E-state index contributed by atoms with van der Waals surface area (Å²) in [5.74, 6) is 2.20. The van der Waals surface area contributed by atoms with Crippen LogP contribution in [0.2, 0.25) is 0 Å². The topological polar surface area (TPSA) is 81.6 Å². The summed E-state index contributed by atoms with van der Waals surface area (Å²) in [4.78, 5) is 18.0. The number of aromatic nitrogens is 2. The van der Waals surface area contributed by atoms with Crippen LogP contribution < -0.4 is 0 Å². The fourth-order valence-electron chi connectivity index (χ4n) is 2.49. The van der Waals surface area contributed by atoms with E-state index in [0.29, 0.717) is 37.1 Å². The number of carbonyl (C=O) groups excluding carboxylic acids is 1. The lowest BCUT2D eigenvalue weighted by molar-refractivity contribution is -0.00187. The maximum absolute atomic E-state index is 11.9. The van der Waals surface area contributed by atoms with Crippen molar-refractivity contribution in [3.8, 4) is 11.4 Å². The number of furan rings is 1. The van der Waals surface area contributed by atoms with E-state index in [-0.39, 0.29) is 6.09 Å². The summed E-state index contributed by atoms with van der Waals surface area (Å²) in [6.45, 7) is 8.74. The van der Waals surface area contributed by atoms with Crippen LogP contribution in [-0.4, -0.2) is 39.8 Å². The van der Waals surface area contributed by atoms with E-state index in [2.05, 4.69) is 10.1 Å². The van der Waals surface area contributed by atoms with Gasteiger partial charge in [-0.15, -0.1) is 0 Å². The van der Waals surface area contributed by atoms with Gasteiger partial charge in [-0.1, -0.05) is 5.16 Å². The van der Waals surface area contributed by atoms with Gasteiger partial charge < -0.3 is 18.6 Å². The summed E-state index contributed by atoms with van der Waals surface area (Å²) >= 11 is 0. The van der Waals surface area contributed by atoms with Crippen molar-refractivity contribution in [2.75, 3.05) is 13.1 Å². The number of carbonyl (C=O) groups is 1. The number of hydrogen-bond donors (Lipinski definition) is 0. The molecule has 7 heteroatoms. The standard InChI is InChI=1S/C16H21N3O4/c1-10-12(5-6-21-10)14-17-13(23-18-14)7-11-8-19(9-11)15(20)22-16(2,3)4/h5-6,11H,7-9H2,1-4H3. The first-order valence-electron chi connectivity index (χ1n) is 7.67. The molecule has 3 rings (SSSR count). The second-order valence-electron chi connectivity index (χ2n) is 6.86. The molecule has 0 atom stereocenters. The molecule has 1 aliphatic heterocycles. The maximum atomic E-state index is 11.9. The Morgan fingerprint density at radius 3 is 2.78 bits per heavy atom. The molecule has 2 aromatic rings. The molecule has 0 radical (unpaired) electrons. The van der Waals surface area contributed by atoms with Gasteiger partial charge in [0.1, 0.15) is 11.4 Å². The molecule has 0 aliphatic carbocycles. The van der Waals surface area contributed by atoms with Crippen molar-refractivity contribution in [1.29, 1.82) is 0 Å². The fraction of sp³-hybridized carbons (Fsp3) is 0.562. The summed E-state index contributed by atoms with van der Waals surface area (Å²) in [6, 6.07) is 1.82. The first-order valence-corrected chi connectivity index (χ1v) is 7.67. The Morgan fingerprint density at radius 2 is 2.17 bits per heavy atom. The zero-order valence-electron chi connectivity index (χ0n) is 13.8. The Kier molecular flexibility index (Phi) is 3.87. The summed E-state index contributed by atoms with van der Waals surface area (Å²) < 4.78 is 15.9. The molecule has 3 heterocycles. The monoisotopic (exact) mass is 319 g/mol. The predicted octanol–water partition coefficient (Wildman–Crippen LogP) is 3.05. The molecule has 0 aromatic carbocycles. The Hall–Kier alpha value is -2.31. The van der Waals surface area contributed by atoms with Crippen molar-refractivity contribution in [2.45, 2.75) is 39.7 Å². The molecule has 124 valence electrons. The molecule has 1 fully saturated rings. The van der Waals surface area contributed by atoms with Crippen molar-refractivity contribution in [2.24, 2.45) is 5.92 Å². The third-order valence-electron chi connectivity index (χ3n) is 3.64. The minimum atomic E-state index is -0.466. The minimum absolute atomic E-state index is 0.269. The average molecular weight is 319 g/mol. The molecule has 1 amide bonds. The molecule has 1 saturated heterocycles. The highest BCUT2D eigenvalue weighted by atomic mass is 16.6. The van der Waals surface area contributed by atoms with Crippen molar-refractivity contribution in [3.05, 3.63) is 24.0 Å². The minimum Gasteiger partial charge on any atom is -0.469 e. The van der Waals surface area contributed by atoms with Gasteiger partial charge in [0.05, 0.1) is 11.8 Å². The van der Waals surface area contributed by atoms with E-state index in [1.807, 2.05) is 33.8 Å². The number of aryl methyl sites for hydroxylation is 1. The van der Waals surface area contributed by atoms with E-state index in [9.17, 15) is 4.79 Å². The molecular weight excluding hydrogens is 298 g/mol. The van der Waals surface area contributed by atoms with Gasteiger partial charge in [0.25, 0.3) is 0 Å². The normalized spacial score (nSPS) is 15.6. The van der Waals surface area contributed by atoms with Crippen molar-refractivity contribution < 1.29 is 18.5 Å². The van der Waals surface area contributed by atoms with Gasteiger partial charge >= 0.3 is 6.09 Å². The lowest BCUT2D eigenvalue weighted by atomic mass is 9.97. The number of ether oxygens (including phenoxy) is 1. The zero-order chi connectivity index (χ0) is 16.6. The smallest absolute Gasteiger partial charge is 0.410 e. The molecule has 0 N–H and O–H groups in total. The number of amides is 1. The number of hydrogen-bond acceptors (Lipinski definition) is 6. The van der Waals surface area contributed by atoms with Crippen molar-refractivity contribution in [1.82, 2.24) is 15.0 Å². The Morgan fingerprint density at radius 1 is 1.43 bits per heavy atom. The molecule has 0 saturated carbocycles. The lowest BCUT2D eigenvalue weighted by Crippen LogP contribution is -2.52. The van der Waals surface area contributed by atoms with Crippen molar-refractivity contribution in [3.63, 3.8) is 0 Å². The third kappa shape index (κ3) is 3.55. The van der Waals surface area contributed by atoms with Gasteiger partial charge in [-0.25, -0.2) is 4.79 Å². The zero-order valence-corrected chi connectivity index (χ0v) is 13.8. The van der Waals surface area contributed by atoms with E-state index in [0.717, 1.165) is 11.3 Å². The van der Waals surface area contributed by atoms with Gasteiger partial charge in [0.2, 0.25) is 11.7 Å². The summed E-state index contributed by atoms with van der Waals surface area (Å²) in [6.07, 6.45) is 1.99. The van der Waals surface area contributed by atoms with Crippen LogP contribution in [0.1, 0.15) is 32.4 Å². The van der Waals surface area contributed by atoms with Crippen LogP contribution in [0.15, 0.2) is 21.3 Å². The predicted molar refractivity (Wildman–Crippen MR) is 81.7 cm³/mol. The van der Waals surface area contributed by atoms with Gasteiger partial charge in [0.15, 0.2) is 0 Å². The maximum Gasteiger partial charge on any atom is 0.410 e. The quantitative estimate of drug-likeness (QED) is 0.865. The van der Waals surface area contributed by atoms with E-state index in [1.165, 1.54) is 0 Å². The Labute approximate surface area is 134 Å². The molecule has 0 bridgehead atoms. The van der Waals surface area contributed by atoms with E-state index >= 15 is 0 Å². The molecule has 23 heavy (non-hydrogen) atoms. The molecule has 7 nitrogen and oxygen atoms in total. The first-order chi connectivity index (χ1) is 10.8. The second-order valence-corrected chi connectivity index (χ2v) is 6.86. The van der Waals surface area contributed by atoms with Crippen LogP contribution in [0.5, 0.6) is 0 Å². The highest BCUT2D eigenvalue weighted by Gasteiger charge is 2.34. The molecule has 0 unspecified atom stereocenters. The van der Waals surface area contributed by atoms with Crippen LogP contribution in [-0.2, 0) is 11.2 Å². The van der Waals surface area contributed by atoms with Gasteiger partial charge in [-0.05, 0) is 33.8 Å².